The maximum atomic E-state index is 11.6. The molecule has 0 amide bonds. The minimum absolute atomic E-state index is 0.0101. The molecule has 0 aliphatic heterocycles. The van der Waals surface area contributed by atoms with Crippen molar-refractivity contribution in [2.24, 2.45) is 5.14 Å². The van der Waals surface area contributed by atoms with Gasteiger partial charge in [0.15, 0.2) is 0 Å². The van der Waals surface area contributed by atoms with Gasteiger partial charge in [-0.05, 0) is 36.6 Å². The van der Waals surface area contributed by atoms with Crippen molar-refractivity contribution in [1.29, 1.82) is 0 Å². The predicted molar refractivity (Wildman–Crippen MR) is 78.6 cm³/mol. The molecule has 0 radical (unpaired) electrons. The maximum Gasteiger partial charge on any atom is 0.240 e. The van der Waals surface area contributed by atoms with Gasteiger partial charge in [-0.15, -0.1) is 11.3 Å². The molecule has 0 fully saturated rings. The minimum atomic E-state index is -3.81. The lowest BCUT2D eigenvalue weighted by atomic mass is 10.2. The van der Waals surface area contributed by atoms with Crippen LogP contribution in [0.25, 0.3) is 0 Å². The molecule has 1 unspecified atom stereocenters. The Morgan fingerprint density at radius 2 is 2.05 bits per heavy atom. The molecule has 0 saturated carbocycles. The van der Waals surface area contributed by atoms with E-state index in [-0.39, 0.29) is 10.9 Å². The fourth-order valence-electron chi connectivity index (χ4n) is 1.74. The number of nitrogen functional groups attached to an aromatic ring is 1. The van der Waals surface area contributed by atoms with Gasteiger partial charge in [0.05, 0.1) is 11.7 Å². The molecular weight excluding hydrogens is 282 g/mol. The van der Waals surface area contributed by atoms with Crippen molar-refractivity contribution in [1.82, 2.24) is 0 Å². The molecular formula is C12H15N3O2S2. The highest BCUT2D eigenvalue weighted by Crippen LogP contribution is 2.28. The van der Waals surface area contributed by atoms with Crippen LogP contribution in [0.2, 0.25) is 0 Å². The second-order valence-electron chi connectivity index (χ2n) is 4.18. The molecule has 7 heteroatoms. The molecule has 0 aliphatic rings. The van der Waals surface area contributed by atoms with Crippen LogP contribution in [0.3, 0.4) is 0 Å². The molecule has 5 nitrogen and oxygen atoms in total. The second-order valence-corrected chi connectivity index (χ2v) is 6.69. The molecule has 2 aromatic rings. The Kier molecular flexibility index (Phi) is 3.79. The summed E-state index contributed by atoms with van der Waals surface area (Å²) >= 11 is 1.60. The summed E-state index contributed by atoms with van der Waals surface area (Å²) in [6, 6.07) is 8.54. The Balaban J connectivity index is 2.35. The largest absolute Gasteiger partial charge is 0.399 e. The van der Waals surface area contributed by atoms with Crippen molar-refractivity contribution in [2.75, 3.05) is 11.1 Å². The summed E-state index contributed by atoms with van der Waals surface area (Å²) in [4.78, 5) is 1.12. The lowest BCUT2D eigenvalue weighted by Crippen LogP contribution is -2.16. The Hall–Kier alpha value is -1.57. The summed E-state index contributed by atoms with van der Waals surface area (Å²) < 4.78 is 23.1. The van der Waals surface area contributed by atoms with Crippen LogP contribution >= 0.6 is 11.3 Å². The second kappa shape index (κ2) is 5.20. The van der Waals surface area contributed by atoms with Crippen molar-refractivity contribution in [3.05, 3.63) is 40.6 Å². The minimum Gasteiger partial charge on any atom is -0.399 e. The molecule has 5 N–H and O–H groups in total. The smallest absolute Gasteiger partial charge is 0.240 e. The monoisotopic (exact) mass is 297 g/mol. The van der Waals surface area contributed by atoms with E-state index in [9.17, 15) is 8.42 Å². The van der Waals surface area contributed by atoms with E-state index in [1.807, 2.05) is 24.4 Å². The molecule has 1 atom stereocenters. The Bertz CT molecular complexity index is 666. The van der Waals surface area contributed by atoms with Crippen molar-refractivity contribution >= 4 is 32.7 Å². The first-order chi connectivity index (χ1) is 8.88. The third-order valence-corrected chi connectivity index (χ3v) is 4.66. The first-order valence-corrected chi connectivity index (χ1v) is 8.03. The standard InChI is InChI=1S/C12H15N3O2S2/c1-8(11-3-2-6-18-11)15-10-5-4-9(13)7-12(10)19(14,16)17/h2-8,15H,13H2,1H3,(H2,14,16,17). The highest BCUT2D eigenvalue weighted by molar-refractivity contribution is 7.89. The summed E-state index contributed by atoms with van der Waals surface area (Å²) in [5.74, 6) is 0. The molecule has 0 bridgehead atoms. The van der Waals surface area contributed by atoms with Crippen molar-refractivity contribution in [2.45, 2.75) is 17.9 Å². The zero-order valence-corrected chi connectivity index (χ0v) is 12.0. The fourth-order valence-corrected chi connectivity index (χ4v) is 3.20. The molecule has 1 aromatic heterocycles. The quantitative estimate of drug-likeness (QED) is 0.753. The summed E-state index contributed by atoms with van der Waals surface area (Å²) in [6.45, 7) is 1.95. The van der Waals surface area contributed by atoms with E-state index in [4.69, 9.17) is 10.9 Å². The Morgan fingerprint density at radius 1 is 1.32 bits per heavy atom. The van der Waals surface area contributed by atoms with Crippen LogP contribution in [0.15, 0.2) is 40.6 Å². The van der Waals surface area contributed by atoms with Gasteiger partial charge in [0.1, 0.15) is 4.90 Å². The SMILES string of the molecule is CC(Nc1ccc(N)cc1S(N)(=O)=O)c1cccs1. The summed E-state index contributed by atoms with van der Waals surface area (Å²) in [7, 11) is -3.81. The van der Waals surface area contributed by atoms with Crippen molar-refractivity contribution in [3.63, 3.8) is 0 Å². The summed E-state index contributed by atoms with van der Waals surface area (Å²) in [6.07, 6.45) is 0. The topological polar surface area (TPSA) is 98.2 Å². The number of hydrogen-bond acceptors (Lipinski definition) is 5. The number of benzene rings is 1. The average molecular weight is 297 g/mol. The Labute approximate surface area is 116 Å². The molecule has 1 aromatic carbocycles. The first kappa shape index (κ1) is 13.9. The number of nitrogens with two attached hydrogens (primary N) is 2. The highest BCUT2D eigenvalue weighted by Gasteiger charge is 2.16. The molecule has 102 valence electrons. The lowest BCUT2D eigenvalue weighted by molar-refractivity contribution is 0.598. The van der Waals surface area contributed by atoms with E-state index in [1.54, 1.807) is 23.5 Å². The molecule has 0 saturated heterocycles. The van der Waals surface area contributed by atoms with Gasteiger partial charge in [-0.1, -0.05) is 6.07 Å². The van der Waals surface area contributed by atoms with Crippen molar-refractivity contribution < 1.29 is 8.42 Å². The zero-order chi connectivity index (χ0) is 14.0. The van der Waals surface area contributed by atoms with E-state index in [2.05, 4.69) is 5.32 Å². The van der Waals surface area contributed by atoms with Crippen LogP contribution in [-0.4, -0.2) is 8.42 Å². The van der Waals surface area contributed by atoms with Gasteiger partial charge < -0.3 is 11.1 Å². The third-order valence-electron chi connectivity index (χ3n) is 2.65. The maximum absolute atomic E-state index is 11.6. The molecule has 19 heavy (non-hydrogen) atoms. The summed E-state index contributed by atoms with van der Waals surface area (Å²) in [5, 5.41) is 10.3. The highest BCUT2D eigenvalue weighted by atomic mass is 32.2. The third kappa shape index (κ3) is 3.25. The number of primary sulfonamides is 1. The fraction of sp³-hybridized carbons (Fsp3) is 0.167. The van der Waals surface area contributed by atoms with Gasteiger partial charge in [-0.25, -0.2) is 13.6 Å². The number of thiophene rings is 1. The van der Waals surface area contributed by atoms with Crippen LogP contribution in [0, 0.1) is 0 Å². The van der Waals surface area contributed by atoms with E-state index in [0.29, 0.717) is 11.4 Å². The van der Waals surface area contributed by atoms with Gasteiger partial charge in [0.25, 0.3) is 0 Å². The van der Waals surface area contributed by atoms with Crippen LogP contribution in [0.1, 0.15) is 17.8 Å². The molecule has 2 rings (SSSR count). The van der Waals surface area contributed by atoms with Gasteiger partial charge in [-0.2, -0.15) is 0 Å². The number of anilines is 2. The van der Waals surface area contributed by atoms with Gasteiger partial charge in [-0.3, -0.25) is 0 Å². The van der Waals surface area contributed by atoms with Crippen molar-refractivity contribution in [3.8, 4) is 0 Å². The van der Waals surface area contributed by atoms with Crippen LogP contribution in [0.5, 0.6) is 0 Å². The van der Waals surface area contributed by atoms with E-state index in [1.165, 1.54) is 6.07 Å². The summed E-state index contributed by atoms with van der Waals surface area (Å²) in [5.41, 5.74) is 6.42. The van der Waals surface area contributed by atoms with E-state index >= 15 is 0 Å². The predicted octanol–water partition coefficient (Wildman–Crippen LogP) is 2.15. The number of nitrogens with one attached hydrogen (secondary N) is 1. The average Bonchev–Trinajstić information content (AvgIpc) is 2.83. The molecule has 1 heterocycles. The van der Waals surface area contributed by atoms with Crippen LogP contribution < -0.4 is 16.2 Å². The number of rotatable bonds is 4. The van der Waals surface area contributed by atoms with E-state index < -0.39 is 10.0 Å². The van der Waals surface area contributed by atoms with Crippen LogP contribution in [0.4, 0.5) is 11.4 Å². The first-order valence-electron chi connectivity index (χ1n) is 5.60. The lowest BCUT2D eigenvalue weighted by Gasteiger charge is -2.16. The number of sulfonamides is 1. The van der Waals surface area contributed by atoms with E-state index in [0.717, 1.165) is 4.88 Å². The normalized spacial score (nSPS) is 13.2. The van der Waals surface area contributed by atoms with Gasteiger partial charge >= 0.3 is 0 Å². The van der Waals surface area contributed by atoms with Gasteiger partial charge in [0.2, 0.25) is 10.0 Å². The Morgan fingerprint density at radius 3 is 2.63 bits per heavy atom. The molecule has 0 aliphatic carbocycles. The van der Waals surface area contributed by atoms with Crippen LogP contribution in [-0.2, 0) is 10.0 Å². The molecule has 0 spiro atoms. The van der Waals surface area contributed by atoms with Gasteiger partial charge in [0, 0.05) is 10.6 Å². The zero-order valence-electron chi connectivity index (χ0n) is 10.3. The number of hydrogen-bond donors (Lipinski definition) is 3.